The van der Waals surface area contributed by atoms with Gasteiger partial charge >= 0.3 is 5.97 Å². The molecule has 0 heterocycles. The SMILES string of the molecule is CC(C)(C)C[C@H](S)C(=O)O. The van der Waals surface area contributed by atoms with Gasteiger partial charge < -0.3 is 5.11 Å². The summed E-state index contributed by atoms with van der Waals surface area (Å²) < 4.78 is 0. The molecule has 0 saturated carbocycles. The zero-order valence-corrected chi connectivity index (χ0v) is 7.48. The van der Waals surface area contributed by atoms with Crippen molar-refractivity contribution in [3.8, 4) is 0 Å². The first kappa shape index (κ1) is 9.82. The van der Waals surface area contributed by atoms with Crippen molar-refractivity contribution < 1.29 is 9.90 Å². The summed E-state index contributed by atoms with van der Waals surface area (Å²) in [6, 6.07) is 0. The van der Waals surface area contributed by atoms with E-state index in [0.29, 0.717) is 6.42 Å². The van der Waals surface area contributed by atoms with Crippen LogP contribution in [0.2, 0.25) is 0 Å². The molecule has 1 N–H and O–H groups in total. The molecule has 0 bridgehead atoms. The number of thiol groups is 1. The third kappa shape index (κ3) is 4.68. The van der Waals surface area contributed by atoms with Crippen LogP contribution in [0, 0.1) is 5.41 Å². The molecule has 0 aliphatic rings. The minimum Gasteiger partial charge on any atom is -0.480 e. The molecule has 0 fully saturated rings. The van der Waals surface area contributed by atoms with Crippen molar-refractivity contribution in [2.45, 2.75) is 32.4 Å². The first-order valence-electron chi connectivity index (χ1n) is 3.24. The maximum absolute atomic E-state index is 10.3. The van der Waals surface area contributed by atoms with Gasteiger partial charge in [0.15, 0.2) is 0 Å². The van der Waals surface area contributed by atoms with Crippen LogP contribution in [0.3, 0.4) is 0 Å². The Morgan fingerprint density at radius 1 is 1.60 bits per heavy atom. The monoisotopic (exact) mass is 162 g/mol. The zero-order chi connectivity index (χ0) is 8.36. The van der Waals surface area contributed by atoms with Crippen molar-refractivity contribution in [2.75, 3.05) is 0 Å². The summed E-state index contributed by atoms with van der Waals surface area (Å²) in [6.07, 6.45) is 0.603. The van der Waals surface area contributed by atoms with Gasteiger partial charge in [-0.3, -0.25) is 4.79 Å². The van der Waals surface area contributed by atoms with Crippen molar-refractivity contribution >= 4 is 18.6 Å². The molecule has 0 aromatic rings. The summed E-state index contributed by atoms with van der Waals surface area (Å²) in [4.78, 5) is 10.3. The van der Waals surface area contributed by atoms with Gasteiger partial charge in [0.05, 0.1) is 5.25 Å². The van der Waals surface area contributed by atoms with Crippen LogP contribution >= 0.6 is 12.6 Å². The van der Waals surface area contributed by atoms with E-state index in [1.165, 1.54) is 0 Å². The Hall–Kier alpha value is -0.180. The summed E-state index contributed by atoms with van der Waals surface area (Å²) >= 11 is 3.92. The van der Waals surface area contributed by atoms with Gasteiger partial charge in [-0.2, -0.15) is 12.6 Å². The first-order chi connectivity index (χ1) is 4.33. The van der Waals surface area contributed by atoms with Crippen molar-refractivity contribution in [3.05, 3.63) is 0 Å². The highest BCUT2D eigenvalue weighted by Crippen LogP contribution is 2.23. The lowest BCUT2D eigenvalue weighted by Crippen LogP contribution is -2.20. The number of carboxylic acid groups (broad SMARTS) is 1. The van der Waals surface area contributed by atoms with E-state index in [1.54, 1.807) is 0 Å². The summed E-state index contributed by atoms with van der Waals surface area (Å²) in [6.45, 7) is 6.00. The van der Waals surface area contributed by atoms with Crippen LogP contribution in [0.5, 0.6) is 0 Å². The number of rotatable bonds is 2. The summed E-state index contributed by atoms with van der Waals surface area (Å²) in [5, 5.41) is 7.94. The average Bonchev–Trinajstić information content (AvgIpc) is 1.60. The van der Waals surface area contributed by atoms with Gasteiger partial charge in [0.25, 0.3) is 0 Å². The van der Waals surface area contributed by atoms with E-state index in [1.807, 2.05) is 20.8 Å². The molecule has 0 saturated heterocycles. The summed E-state index contributed by atoms with van der Waals surface area (Å²) in [7, 11) is 0. The molecule has 0 rings (SSSR count). The van der Waals surface area contributed by atoms with Crippen molar-refractivity contribution in [3.63, 3.8) is 0 Å². The molecule has 60 valence electrons. The Bertz CT molecular complexity index is 126. The van der Waals surface area contributed by atoms with Crippen LogP contribution in [0.4, 0.5) is 0 Å². The van der Waals surface area contributed by atoms with E-state index in [0.717, 1.165) is 0 Å². The van der Waals surface area contributed by atoms with Gasteiger partial charge in [0.1, 0.15) is 0 Å². The highest BCUT2D eigenvalue weighted by molar-refractivity contribution is 7.81. The van der Waals surface area contributed by atoms with Crippen LogP contribution in [-0.4, -0.2) is 16.3 Å². The number of hydrogen-bond acceptors (Lipinski definition) is 2. The van der Waals surface area contributed by atoms with Gasteiger partial charge in [-0.25, -0.2) is 0 Å². The van der Waals surface area contributed by atoms with Crippen LogP contribution in [-0.2, 0) is 4.79 Å². The molecule has 0 aromatic carbocycles. The molecular weight excluding hydrogens is 148 g/mol. The molecular formula is C7H14O2S. The van der Waals surface area contributed by atoms with Gasteiger partial charge in [0, 0.05) is 0 Å². The van der Waals surface area contributed by atoms with E-state index in [2.05, 4.69) is 12.6 Å². The zero-order valence-electron chi connectivity index (χ0n) is 6.59. The molecule has 3 heteroatoms. The molecule has 0 aliphatic carbocycles. The summed E-state index contributed by atoms with van der Waals surface area (Å²) in [5.41, 5.74) is 0.0464. The predicted octanol–water partition coefficient (Wildman–Crippen LogP) is 1.81. The fourth-order valence-electron chi connectivity index (χ4n) is 0.667. The van der Waals surface area contributed by atoms with E-state index < -0.39 is 11.2 Å². The van der Waals surface area contributed by atoms with E-state index in [-0.39, 0.29) is 5.41 Å². The highest BCUT2D eigenvalue weighted by Gasteiger charge is 2.20. The average molecular weight is 162 g/mol. The van der Waals surface area contributed by atoms with Gasteiger partial charge in [-0.05, 0) is 11.8 Å². The van der Waals surface area contributed by atoms with Crippen LogP contribution in [0.15, 0.2) is 0 Å². The lowest BCUT2D eigenvalue weighted by molar-refractivity contribution is -0.136. The normalized spacial score (nSPS) is 14.8. The Labute approximate surface area is 67.0 Å². The Kier molecular flexibility index (Phi) is 3.22. The number of carbonyl (C=O) groups is 1. The second kappa shape index (κ2) is 3.28. The number of hydrogen-bond donors (Lipinski definition) is 2. The maximum Gasteiger partial charge on any atom is 0.316 e. The quantitative estimate of drug-likeness (QED) is 0.608. The predicted molar refractivity (Wildman–Crippen MR) is 44.5 cm³/mol. The number of aliphatic carboxylic acids is 1. The van der Waals surface area contributed by atoms with E-state index in [9.17, 15) is 4.79 Å². The van der Waals surface area contributed by atoms with E-state index >= 15 is 0 Å². The van der Waals surface area contributed by atoms with Crippen molar-refractivity contribution in [2.24, 2.45) is 5.41 Å². The molecule has 0 amide bonds. The summed E-state index contributed by atoms with van der Waals surface area (Å²) in [5.74, 6) is -0.835. The molecule has 2 nitrogen and oxygen atoms in total. The molecule has 0 spiro atoms. The Morgan fingerprint density at radius 3 is 2.10 bits per heavy atom. The van der Waals surface area contributed by atoms with Gasteiger partial charge in [0.2, 0.25) is 0 Å². The smallest absolute Gasteiger partial charge is 0.316 e. The highest BCUT2D eigenvalue weighted by atomic mass is 32.1. The fourth-order valence-corrected chi connectivity index (χ4v) is 1.22. The van der Waals surface area contributed by atoms with Crippen molar-refractivity contribution in [1.29, 1.82) is 0 Å². The lowest BCUT2D eigenvalue weighted by atomic mass is 9.90. The lowest BCUT2D eigenvalue weighted by Gasteiger charge is -2.19. The third-order valence-electron chi connectivity index (χ3n) is 1.09. The Morgan fingerprint density at radius 2 is 2.00 bits per heavy atom. The second-order valence-electron chi connectivity index (χ2n) is 3.62. The molecule has 10 heavy (non-hydrogen) atoms. The first-order valence-corrected chi connectivity index (χ1v) is 3.75. The molecule has 0 aliphatic heterocycles. The number of carboxylic acids is 1. The van der Waals surface area contributed by atoms with Crippen LogP contribution < -0.4 is 0 Å². The largest absolute Gasteiger partial charge is 0.480 e. The maximum atomic E-state index is 10.3. The molecule has 0 radical (unpaired) electrons. The molecule has 1 atom stereocenters. The molecule has 0 unspecified atom stereocenters. The minimum atomic E-state index is -0.835. The second-order valence-corrected chi connectivity index (χ2v) is 4.24. The van der Waals surface area contributed by atoms with Crippen molar-refractivity contribution in [1.82, 2.24) is 0 Å². The minimum absolute atomic E-state index is 0.0464. The van der Waals surface area contributed by atoms with Crippen LogP contribution in [0.1, 0.15) is 27.2 Å². The van der Waals surface area contributed by atoms with E-state index in [4.69, 9.17) is 5.11 Å². The third-order valence-corrected chi connectivity index (χ3v) is 1.49. The van der Waals surface area contributed by atoms with Gasteiger partial charge in [-0.1, -0.05) is 20.8 Å². The topological polar surface area (TPSA) is 37.3 Å². The Balaban J connectivity index is 3.80. The molecule has 0 aromatic heterocycles. The van der Waals surface area contributed by atoms with Gasteiger partial charge in [-0.15, -0.1) is 0 Å². The van der Waals surface area contributed by atoms with Crippen LogP contribution in [0.25, 0.3) is 0 Å². The fraction of sp³-hybridized carbons (Fsp3) is 0.857. The standard InChI is InChI=1S/C7H14O2S/c1-7(2,3)4-5(10)6(8)9/h5,10H,4H2,1-3H3,(H,8,9)/t5-/m0/s1.